The van der Waals surface area contributed by atoms with Gasteiger partial charge in [-0.15, -0.1) is 0 Å². The predicted octanol–water partition coefficient (Wildman–Crippen LogP) is -3.89. The molecule has 1 amide bonds. The number of hydrogen-bond acceptors (Lipinski definition) is 14. The van der Waals surface area contributed by atoms with Gasteiger partial charge in [-0.05, 0) is 5.53 Å². The molecule has 37 heavy (non-hydrogen) atoms. The third kappa shape index (κ3) is 9.22. The van der Waals surface area contributed by atoms with Gasteiger partial charge in [-0.25, -0.2) is 0 Å². The van der Waals surface area contributed by atoms with Crippen molar-refractivity contribution in [1.29, 1.82) is 0 Å². The Morgan fingerprint density at radius 2 is 1.49 bits per heavy atom. The number of rotatable bonds is 15. The maximum Gasteiger partial charge on any atom is 0.217 e. The fraction of sp³-hybridized carbons (Fsp3) is 0.950. The molecule has 2 rings (SSSR count). The van der Waals surface area contributed by atoms with Crippen LogP contribution in [-0.4, -0.2) is 151 Å². The van der Waals surface area contributed by atoms with Crippen LogP contribution >= 0.6 is 0 Å². The third-order valence-electron chi connectivity index (χ3n) is 5.64. The molecule has 0 bridgehead atoms. The zero-order valence-corrected chi connectivity index (χ0v) is 20.3. The van der Waals surface area contributed by atoms with Crippen molar-refractivity contribution in [2.24, 2.45) is 5.11 Å². The van der Waals surface area contributed by atoms with E-state index in [0.29, 0.717) is 0 Å². The van der Waals surface area contributed by atoms with Crippen LogP contribution in [0.2, 0.25) is 0 Å². The maximum absolute atomic E-state index is 11.9. The normalized spacial score (nSPS) is 36.1. The highest BCUT2D eigenvalue weighted by molar-refractivity contribution is 5.73. The summed E-state index contributed by atoms with van der Waals surface area (Å²) in [5.74, 6) is -0.534. The van der Waals surface area contributed by atoms with Gasteiger partial charge in [0.15, 0.2) is 12.6 Å². The van der Waals surface area contributed by atoms with E-state index in [1.165, 1.54) is 6.92 Å². The van der Waals surface area contributed by atoms with Crippen LogP contribution in [0.25, 0.3) is 10.4 Å². The van der Waals surface area contributed by atoms with Gasteiger partial charge in [0.05, 0.1) is 46.2 Å². The summed E-state index contributed by atoms with van der Waals surface area (Å²) in [5, 5.41) is 66.1. The van der Waals surface area contributed by atoms with Crippen molar-refractivity contribution in [3.05, 3.63) is 10.4 Å². The summed E-state index contributed by atoms with van der Waals surface area (Å²) in [4.78, 5) is 14.5. The van der Waals surface area contributed by atoms with Gasteiger partial charge in [0.25, 0.3) is 0 Å². The molecule has 2 saturated heterocycles. The largest absolute Gasteiger partial charge is 0.394 e. The van der Waals surface area contributed by atoms with Crippen molar-refractivity contribution in [3.63, 3.8) is 0 Å². The van der Waals surface area contributed by atoms with Gasteiger partial charge < -0.3 is 64.4 Å². The minimum absolute atomic E-state index is 0.0273. The number of aliphatic hydroxyl groups excluding tert-OH is 6. The summed E-state index contributed by atoms with van der Waals surface area (Å²) in [6, 6.07) is -1.16. The van der Waals surface area contributed by atoms with Gasteiger partial charge in [-0.1, -0.05) is 5.11 Å². The number of azide groups is 1. The highest BCUT2D eigenvalue weighted by Gasteiger charge is 2.51. The van der Waals surface area contributed by atoms with Crippen LogP contribution in [-0.2, 0) is 33.2 Å². The summed E-state index contributed by atoms with van der Waals surface area (Å²) < 4.78 is 32.9. The minimum Gasteiger partial charge on any atom is -0.394 e. The van der Waals surface area contributed by atoms with Crippen LogP contribution in [0.3, 0.4) is 0 Å². The van der Waals surface area contributed by atoms with Gasteiger partial charge in [-0.3, -0.25) is 4.79 Å². The van der Waals surface area contributed by atoms with Crippen molar-refractivity contribution < 1.29 is 63.9 Å². The van der Waals surface area contributed by atoms with Gasteiger partial charge in [-0.2, -0.15) is 0 Å². The van der Waals surface area contributed by atoms with E-state index < -0.39 is 80.5 Å². The lowest BCUT2D eigenvalue weighted by Crippen LogP contribution is -2.68. The number of ether oxygens (including phenoxy) is 6. The Kier molecular flexibility index (Phi) is 13.9. The molecule has 0 aliphatic carbocycles. The molecule has 10 atom stereocenters. The standard InChI is InChI=1S/C20H36N4O13/c1-10(27)23-13-18(37-20-17(31)16(30)14(28)11(8-25)36-20)15(29)12(9-26)35-19(13)34-7-6-33-5-4-32-3-2-22-24-21/h11-20,25-26,28-31H,2-9H2,1H3,(H,23,27)/t11?,12?,13?,14-,15-,16?,17?,18?,19+,20-/m0/s1. The quantitative estimate of drug-likeness (QED) is 0.0454. The van der Waals surface area contributed by atoms with Gasteiger partial charge in [0.2, 0.25) is 5.91 Å². The van der Waals surface area contributed by atoms with Gasteiger partial charge >= 0.3 is 0 Å². The molecule has 0 spiro atoms. The van der Waals surface area contributed by atoms with Crippen LogP contribution in [0.5, 0.6) is 0 Å². The molecular formula is C20H36N4O13. The summed E-state index contributed by atoms with van der Waals surface area (Å²) >= 11 is 0. The van der Waals surface area contributed by atoms with E-state index in [1.807, 2.05) is 0 Å². The Hall–Kier alpha value is -1.70. The molecule has 2 aliphatic heterocycles. The number of aliphatic hydroxyl groups is 6. The second kappa shape index (κ2) is 16.3. The Labute approximate surface area is 212 Å². The lowest BCUT2D eigenvalue weighted by Gasteiger charge is -2.47. The molecule has 2 heterocycles. The topological polar surface area (TPSA) is 255 Å². The third-order valence-corrected chi connectivity index (χ3v) is 5.64. The Morgan fingerprint density at radius 1 is 0.892 bits per heavy atom. The number of hydrogen-bond donors (Lipinski definition) is 7. The first-order valence-corrected chi connectivity index (χ1v) is 11.7. The Morgan fingerprint density at radius 3 is 2.11 bits per heavy atom. The van der Waals surface area contributed by atoms with E-state index in [-0.39, 0.29) is 39.6 Å². The molecule has 0 radical (unpaired) electrons. The van der Waals surface area contributed by atoms with Gasteiger partial charge in [0.1, 0.15) is 48.8 Å². The molecule has 17 heteroatoms. The molecule has 0 aromatic rings. The van der Waals surface area contributed by atoms with E-state index in [4.69, 9.17) is 34.0 Å². The average molecular weight is 541 g/mol. The molecule has 0 saturated carbocycles. The molecule has 7 N–H and O–H groups in total. The average Bonchev–Trinajstić information content (AvgIpc) is 2.88. The summed E-state index contributed by atoms with van der Waals surface area (Å²) in [6.45, 7) is 0.859. The van der Waals surface area contributed by atoms with Crippen LogP contribution in [0, 0.1) is 0 Å². The van der Waals surface area contributed by atoms with Crippen LogP contribution < -0.4 is 5.32 Å². The number of carbonyl (C=O) groups is 1. The first-order chi connectivity index (χ1) is 17.7. The molecule has 0 aromatic carbocycles. The van der Waals surface area contributed by atoms with Crippen molar-refractivity contribution >= 4 is 5.91 Å². The number of nitrogens with one attached hydrogen (secondary N) is 1. The first kappa shape index (κ1) is 31.5. The summed E-state index contributed by atoms with van der Waals surface area (Å²) in [5.41, 5.74) is 8.19. The smallest absolute Gasteiger partial charge is 0.217 e. The van der Waals surface area contributed by atoms with Crippen molar-refractivity contribution in [2.45, 2.75) is 68.3 Å². The predicted molar refractivity (Wildman–Crippen MR) is 120 cm³/mol. The Balaban J connectivity index is 2.01. The fourth-order valence-corrected chi connectivity index (χ4v) is 3.79. The number of amides is 1. The van der Waals surface area contributed by atoms with Gasteiger partial charge in [0, 0.05) is 18.4 Å². The van der Waals surface area contributed by atoms with Crippen molar-refractivity contribution in [2.75, 3.05) is 52.8 Å². The molecule has 214 valence electrons. The van der Waals surface area contributed by atoms with Crippen LogP contribution in [0.4, 0.5) is 0 Å². The van der Waals surface area contributed by atoms with E-state index in [2.05, 4.69) is 15.3 Å². The molecule has 2 aliphatic rings. The second-order valence-electron chi connectivity index (χ2n) is 8.29. The zero-order valence-electron chi connectivity index (χ0n) is 20.3. The number of carbonyl (C=O) groups excluding carboxylic acids is 1. The molecule has 17 nitrogen and oxygen atoms in total. The fourth-order valence-electron chi connectivity index (χ4n) is 3.79. The Bertz CT molecular complexity index is 728. The number of nitrogens with zero attached hydrogens (tertiary/aromatic N) is 3. The summed E-state index contributed by atoms with van der Waals surface area (Å²) in [7, 11) is 0. The van der Waals surface area contributed by atoms with E-state index in [0.717, 1.165) is 0 Å². The van der Waals surface area contributed by atoms with Crippen molar-refractivity contribution in [1.82, 2.24) is 5.32 Å². The second-order valence-corrected chi connectivity index (χ2v) is 8.29. The zero-order chi connectivity index (χ0) is 27.4. The van der Waals surface area contributed by atoms with Crippen LogP contribution in [0.1, 0.15) is 6.92 Å². The minimum atomic E-state index is -1.76. The lowest BCUT2D eigenvalue weighted by molar-refractivity contribution is -0.345. The van der Waals surface area contributed by atoms with E-state index >= 15 is 0 Å². The van der Waals surface area contributed by atoms with E-state index in [1.54, 1.807) is 0 Å². The SMILES string of the molecule is CC(=O)NC1C(O[C@@H]2OC(CO)[C@H](O)C(O)C2O)[C@@H](O)C(CO)O[C@H]1OCCOCCOCCN=[N+]=[N-]. The molecule has 2 fully saturated rings. The highest BCUT2D eigenvalue weighted by Crippen LogP contribution is 2.29. The summed E-state index contributed by atoms with van der Waals surface area (Å²) in [6.07, 6.45) is -13.3. The maximum atomic E-state index is 11.9. The first-order valence-electron chi connectivity index (χ1n) is 11.7. The van der Waals surface area contributed by atoms with Crippen molar-refractivity contribution in [3.8, 4) is 0 Å². The highest BCUT2D eigenvalue weighted by atomic mass is 16.7. The lowest BCUT2D eigenvalue weighted by atomic mass is 9.95. The monoisotopic (exact) mass is 540 g/mol. The van der Waals surface area contributed by atoms with Crippen LogP contribution in [0.15, 0.2) is 5.11 Å². The molecule has 0 aromatic heterocycles. The van der Waals surface area contributed by atoms with E-state index in [9.17, 15) is 35.4 Å². The molecule has 6 unspecified atom stereocenters. The molecular weight excluding hydrogens is 504 g/mol.